The topological polar surface area (TPSA) is 58.1 Å². The summed E-state index contributed by atoms with van der Waals surface area (Å²) in [6, 6.07) is 25.9. The zero-order valence-corrected chi connectivity index (χ0v) is 17.9. The van der Waals surface area contributed by atoms with Crippen LogP contribution < -0.4 is 10.2 Å². The van der Waals surface area contributed by atoms with Crippen molar-refractivity contribution in [3.8, 4) is 0 Å². The van der Waals surface area contributed by atoms with Crippen LogP contribution >= 0.6 is 0 Å². The monoisotopic (exact) mass is 420 g/mol. The van der Waals surface area contributed by atoms with Crippen molar-refractivity contribution in [2.45, 2.75) is 19.4 Å². The number of hydrogen-bond acceptors (Lipinski definition) is 4. The van der Waals surface area contributed by atoms with Crippen molar-refractivity contribution in [1.29, 1.82) is 0 Å². The van der Waals surface area contributed by atoms with Gasteiger partial charge in [0, 0.05) is 24.6 Å². The third-order valence-corrected chi connectivity index (χ3v) is 5.79. The molecule has 0 bridgehead atoms. The second-order valence-corrected chi connectivity index (χ2v) is 8.01. The standard InChI is InChI=1S/C27H24N4O/c1-19-7-6-9-21(17-19)26(23-10-4-5-15-28-23)30-25-13-12-22(18-29-25)27(32)31-16-14-20-8-2-3-11-24(20)31/h2-13,15,17-18,26H,14,16H2,1H3,(H,29,30). The minimum absolute atomic E-state index is 0.0195. The number of rotatable bonds is 5. The van der Waals surface area contributed by atoms with Gasteiger partial charge in [-0.15, -0.1) is 0 Å². The number of carbonyl (C=O) groups excluding carboxylic acids is 1. The highest BCUT2D eigenvalue weighted by molar-refractivity contribution is 6.07. The number of aryl methyl sites for hydroxylation is 1. The molecule has 5 heteroatoms. The number of nitrogens with zero attached hydrogens (tertiary/aromatic N) is 3. The third kappa shape index (κ3) is 3.97. The molecule has 32 heavy (non-hydrogen) atoms. The van der Waals surface area contributed by atoms with Crippen molar-refractivity contribution in [3.05, 3.63) is 119 Å². The normalized spacial score (nSPS) is 13.5. The predicted molar refractivity (Wildman–Crippen MR) is 127 cm³/mol. The molecule has 1 aliphatic rings. The summed E-state index contributed by atoms with van der Waals surface area (Å²) < 4.78 is 0. The first kappa shape index (κ1) is 19.9. The van der Waals surface area contributed by atoms with E-state index in [1.165, 1.54) is 11.1 Å². The van der Waals surface area contributed by atoms with Crippen LogP contribution in [-0.2, 0) is 6.42 Å². The molecule has 0 spiro atoms. The molecule has 2 aromatic heterocycles. The Kier molecular flexibility index (Phi) is 5.38. The highest BCUT2D eigenvalue weighted by Gasteiger charge is 2.25. The number of benzene rings is 2. The van der Waals surface area contributed by atoms with Gasteiger partial charge in [0.05, 0.1) is 17.3 Å². The fourth-order valence-corrected chi connectivity index (χ4v) is 4.18. The maximum atomic E-state index is 13.1. The van der Waals surface area contributed by atoms with Crippen LogP contribution in [0.2, 0.25) is 0 Å². The molecule has 1 unspecified atom stereocenters. The molecular formula is C27H24N4O. The number of fused-ring (bicyclic) bond motifs is 1. The average molecular weight is 421 g/mol. The van der Waals surface area contributed by atoms with E-state index in [1.54, 1.807) is 12.4 Å². The van der Waals surface area contributed by atoms with Gasteiger partial charge in [-0.3, -0.25) is 9.78 Å². The molecule has 1 amide bonds. The number of carbonyl (C=O) groups is 1. The van der Waals surface area contributed by atoms with E-state index < -0.39 is 0 Å². The summed E-state index contributed by atoms with van der Waals surface area (Å²) >= 11 is 0. The summed E-state index contributed by atoms with van der Waals surface area (Å²) in [5.41, 5.74) is 5.99. The van der Waals surface area contributed by atoms with Crippen molar-refractivity contribution in [3.63, 3.8) is 0 Å². The molecule has 0 aliphatic carbocycles. The van der Waals surface area contributed by atoms with Gasteiger partial charge >= 0.3 is 0 Å². The summed E-state index contributed by atoms with van der Waals surface area (Å²) in [6.45, 7) is 2.78. The lowest BCUT2D eigenvalue weighted by molar-refractivity contribution is 0.0989. The number of hydrogen-bond donors (Lipinski definition) is 1. The molecule has 5 rings (SSSR count). The van der Waals surface area contributed by atoms with E-state index in [9.17, 15) is 4.79 Å². The fraction of sp³-hybridized carbons (Fsp3) is 0.148. The van der Waals surface area contributed by atoms with Crippen LogP contribution in [0.3, 0.4) is 0 Å². The molecule has 1 aliphatic heterocycles. The molecule has 0 saturated carbocycles. The number of para-hydroxylation sites is 1. The van der Waals surface area contributed by atoms with E-state index in [2.05, 4.69) is 46.5 Å². The van der Waals surface area contributed by atoms with Crippen molar-refractivity contribution < 1.29 is 4.79 Å². The predicted octanol–water partition coefficient (Wildman–Crippen LogP) is 5.19. The minimum Gasteiger partial charge on any atom is -0.358 e. The number of aromatic nitrogens is 2. The lowest BCUT2D eigenvalue weighted by Gasteiger charge is -2.20. The van der Waals surface area contributed by atoms with Crippen molar-refractivity contribution in [2.24, 2.45) is 0 Å². The first-order valence-corrected chi connectivity index (χ1v) is 10.8. The Morgan fingerprint density at radius 2 is 1.84 bits per heavy atom. The van der Waals surface area contributed by atoms with Gasteiger partial charge in [-0.2, -0.15) is 0 Å². The van der Waals surface area contributed by atoms with Gasteiger partial charge in [-0.25, -0.2) is 4.98 Å². The molecule has 0 saturated heterocycles. The molecular weight excluding hydrogens is 396 g/mol. The van der Waals surface area contributed by atoms with Gasteiger partial charge in [0.25, 0.3) is 5.91 Å². The summed E-state index contributed by atoms with van der Waals surface area (Å²) in [5.74, 6) is 0.675. The van der Waals surface area contributed by atoms with Crippen molar-refractivity contribution in [1.82, 2.24) is 9.97 Å². The Hall–Kier alpha value is -3.99. The molecule has 3 heterocycles. The molecule has 4 aromatic rings. The maximum Gasteiger partial charge on any atom is 0.259 e. The molecule has 1 atom stereocenters. The zero-order valence-electron chi connectivity index (χ0n) is 17.9. The van der Waals surface area contributed by atoms with Crippen LogP contribution in [0.4, 0.5) is 11.5 Å². The van der Waals surface area contributed by atoms with E-state index in [-0.39, 0.29) is 11.9 Å². The average Bonchev–Trinajstić information content (AvgIpc) is 3.27. The summed E-state index contributed by atoms with van der Waals surface area (Å²) in [5, 5.41) is 3.49. The summed E-state index contributed by atoms with van der Waals surface area (Å²) in [6.07, 6.45) is 4.33. The largest absolute Gasteiger partial charge is 0.358 e. The number of nitrogens with one attached hydrogen (secondary N) is 1. The van der Waals surface area contributed by atoms with E-state index in [1.807, 2.05) is 59.5 Å². The molecule has 158 valence electrons. The third-order valence-electron chi connectivity index (χ3n) is 5.79. The molecule has 2 aromatic carbocycles. The number of anilines is 2. The Morgan fingerprint density at radius 1 is 0.969 bits per heavy atom. The van der Waals surface area contributed by atoms with Crippen LogP contribution in [-0.4, -0.2) is 22.4 Å². The summed E-state index contributed by atoms with van der Waals surface area (Å²) in [7, 11) is 0. The highest BCUT2D eigenvalue weighted by Crippen LogP contribution is 2.29. The minimum atomic E-state index is -0.143. The SMILES string of the molecule is Cc1cccc(C(Nc2ccc(C(=O)N3CCc4ccccc43)cn2)c2ccccn2)c1. The van der Waals surface area contributed by atoms with Crippen molar-refractivity contribution in [2.75, 3.05) is 16.8 Å². The van der Waals surface area contributed by atoms with Crippen LogP contribution in [0.5, 0.6) is 0 Å². The molecule has 5 nitrogen and oxygen atoms in total. The molecule has 1 N–H and O–H groups in total. The van der Waals surface area contributed by atoms with Crippen LogP contribution in [0.1, 0.15) is 38.8 Å². The second kappa shape index (κ2) is 8.63. The van der Waals surface area contributed by atoms with E-state index in [0.717, 1.165) is 23.4 Å². The number of pyridine rings is 2. The summed E-state index contributed by atoms with van der Waals surface area (Å²) in [4.78, 5) is 24.0. The van der Waals surface area contributed by atoms with Gasteiger partial charge in [0.15, 0.2) is 0 Å². The first-order chi connectivity index (χ1) is 15.7. The smallest absolute Gasteiger partial charge is 0.259 e. The first-order valence-electron chi connectivity index (χ1n) is 10.8. The fourth-order valence-electron chi connectivity index (χ4n) is 4.18. The molecule has 0 fully saturated rings. The maximum absolute atomic E-state index is 13.1. The second-order valence-electron chi connectivity index (χ2n) is 8.01. The van der Waals surface area contributed by atoms with Crippen LogP contribution in [0, 0.1) is 6.92 Å². The Labute approximate surface area is 187 Å². The van der Waals surface area contributed by atoms with Gasteiger partial charge in [0.2, 0.25) is 0 Å². The van der Waals surface area contributed by atoms with Crippen molar-refractivity contribution >= 4 is 17.4 Å². The van der Waals surface area contributed by atoms with Crippen LogP contribution in [0.15, 0.2) is 91.3 Å². The lowest BCUT2D eigenvalue weighted by atomic mass is 10.0. The Balaban J connectivity index is 1.39. The van der Waals surface area contributed by atoms with Gasteiger partial charge in [-0.1, -0.05) is 54.1 Å². The quantitative estimate of drug-likeness (QED) is 0.483. The van der Waals surface area contributed by atoms with Gasteiger partial charge < -0.3 is 10.2 Å². The van der Waals surface area contributed by atoms with Gasteiger partial charge in [0.1, 0.15) is 5.82 Å². The zero-order chi connectivity index (χ0) is 21.9. The Bertz CT molecular complexity index is 1240. The molecule has 0 radical (unpaired) electrons. The Morgan fingerprint density at radius 3 is 2.62 bits per heavy atom. The number of amides is 1. The van der Waals surface area contributed by atoms with E-state index in [4.69, 9.17) is 0 Å². The van der Waals surface area contributed by atoms with Gasteiger partial charge in [-0.05, 0) is 54.8 Å². The van der Waals surface area contributed by atoms with E-state index >= 15 is 0 Å². The highest BCUT2D eigenvalue weighted by atomic mass is 16.2. The lowest BCUT2D eigenvalue weighted by Crippen LogP contribution is -2.29. The van der Waals surface area contributed by atoms with E-state index in [0.29, 0.717) is 17.9 Å². The van der Waals surface area contributed by atoms with Crippen LogP contribution in [0.25, 0.3) is 0 Å².